The Kier molecular flexibility index (Phi) is 3.62. The zero-order chi connectivity index (χ0) is 13.1. The zero-order valence-corrected chi connectivity index (χ0v) is 10.6. The van der Waals surface area contributed by atoms with Gasteiger partial charge in [-0.25, -0.2) is 4.52 Å². The molecular weight excluding hydrogens is 228 g/mol. The molecule has 2 heterocycles. The zero-order valence-electron chi connectivity index (χ0n) is 10.6. The fourth-order valence-corrected chi connectivity index (χ4v) is 1.65. The van der Waals surface area contributed by atoms with E-state index < -0.39 is 0 Å². The van der Waals surface area contributed by atoms with Gasteiger partial charge in [-0.3, -0.25) is 4.79 Å². The normalized spacial score (nSPS) is 12.9. The van der Waals surface area contributed by atoms with Gasteiger partial charge in [0.05, 0.1) is 17.3 Å². The van der Waals surface area contributed by atoms with Crippen LogP contribution in [0.25, 0.3) is 5.52 Å². The molecule has 0 aliphatic heterocycles. The van der Waals surface area contributed by atoms with Gasteiger partial charge in [0.1, 0.15) is 0 Å². The van der Waals surface area contributed by atoms with Crippen LogP contribution in [0.4, 0.5) is 0 Å². The van der Waals surface area contributed by atoms with Gasteiger partial charge in [0, 0.05) is 18.8 Å². The first-order chi connectivity index (χ1) is 8.59. The van der Waals surface area contributed by atoms with Crippen LogP contribution in [0.5, 0.6) is 0 Å². The van der Waals surface area contributed by atoms with E-state index >= 15 is 0 Å². The summed E-state index contributed by atoms with van der Waals surface area (Å²) < 4.78 is 1.68. The van der Waals surface area contributed by atoms with Gasteiger partial charge in [-0.05, 0) is 18.1 Å². The average Bonchev–Trinajstić information content (AvgIpc) is 2.79. The van der Waals surface area contributed by atoms with Crippen LogP contribution in [-0.2, 0) is 0 Å². The van der Waals surface area contributed by atoms with E-state index in [1.54, 1.807) is 10.7 Å². The number of nitrogens with two attached hydrogens (primary N) is 1. The molecule has 0 fully saturated rings. The van der Waals surface area contributed by atoms with Gasteiger partial charge in [0.25, 0.3) is 5.91 Å². The van der Waals surface area contributed by atoms with Crippen LogP contribution in [0.3, 0.4) is 0 Å². The maximum absolute atomic E-state index is 12.0. The molecule has 2 aromatic rings. The molecule has 0 aromatic carbocycles. The Bertz CT molecular complexity index is 547. The summed E-state index contributed by atoms with van der Waals surface area (Å²) >= 11 is 0. The molecule has 5 heteroatoms. The van der Waals surface area contributed by atoms with E-state index in [0.29, 0.717) is 18.0 Å². The number of carbonyl (C=O) groups is 1. The van der Waals surface area contributed by atoms with Crippen LogP contribution in [0, 0.1) is 5.92 Å². The lowest BCUT2D eigenvalue weighted by Crippen LogP contribution is -2.40. The van der Waals surface area contributed by atoms with Crippen molar-refractivity contribution < 1.29 is 4.79 Å². The molecular formula is C13H18N4O. The van der Waals surface area contributed by atoms with Crippen molar-refractivity contribution in [2.45, 2.75) is 19.9 Å². The van der Waals surface area contributed by atoms with Crippen molar-refractivity contribution in [3.63, 3.8) is 0 Å². The Balaban J connectivity index is 2.10. The van der Waals surface area contributed by atoms with Gasteiger partial charge >= 0.3 is 0 Å². The first kappa shape index (κ1) is 12.6. The molecule has 5 nitrogen and oxygen atoms in total. The van der Waals surface area contributed by atoms with E-state index in [0.717, 1.165) is 5.52 Å². The van der Waals surface area contributed by atoms with Crippen LogP contribution in [0.2, 0.25) is 0 Å². The Morgan fingerprint density at radius 1 is 1.50 bits per heavy atom. The highest BCUT2D eigenvalue weighted by molar-refractivity contribution is 6.00. The topological polar surface area (TPSA) is 72.4 Å². The molecule has 1 atom stereocenters. The van der Waals surface area contributed by atoms with Crippen LogP contribution in [-0.4, -0.2) is 28.1 Å². The van der Waals surface area contributed by atoms with Gasteiger partial charge in [-0.1, -0.05) is 19.9 Å². The minimum Gasteiger partial charge on any atom is -0.350 e. The van der Waals surface area contributed by atoms with Gasteiger partial charge in [0.2, 0.25) is 0 Å². The number of amides is 1. The van der Waals surface area contributed by atoms with E-state index in [4.69, 9.17) is 5.73 Å². The van der Waals surface area contributed by atoms with Gasteiger partial charge in [-0.2, -0.15) is 5.10 Å². The monoisotopic (exact) mass is 246 g/mol. The summed E-state index contributed by atoms with van der Waals surface area (Å²) in [6, 6.07) is 5.59. The average molecular weight is 246 g/mol. The second-order valence-electron chi connectivity index (χ2n) is 4.71. The Hall–Kier alpha value is -1.88. The molecule has 1 amide bonds. The molecule has 0 aliphatic carbocycles. The van der Waals surface area contributed by atoms with Crippen molar-refractivity contribution in [1.82, 2.24) is 14.9 Å². The largest absolute Gasteiger partial charge is 0.350 e. The summed E-state index contributed by atoms with van der Waals surface area (Å²) in [5.41, 5.74) is 7.27. The third kappa shape index (κ3) is 2.51. The van der Waals surface area contributed by atoms with Gasteiger partial charge in [0.15, 0.2) is 0 Å². The SMILES string of the molecule is CC(C)C(N)CNC(=O)c1cnn2ccccc12. The fourth-order valence-electron chi connectivity index (χ4n) is 1.65. The second kappa shape index (κ2) is 5.18. The summed E-state index contributed by atoms with van der Waals surface area (Å²) in [7, 11) is 0. The molecule has 0 saturated carbocycles. The number of rotatable bonds is 4. The van der Waals surface area contributed by atoms with Crippen LogP contribution in [0.15, 0.2) is 30.6 Å². The number of hydrogen-bond acceptors (Lipinski definition) is 3. The maximum Gasteiger partial charge on any atom is 0.255 e. The lowest BCUT2D eigenvalue weighted by molar-refractivity contribution is 0.0951. The highest BCUT2D eigenvalue weighted by Gasteiger charge is 2.14. The molecule has 0 aliphatic rings. The number of carbonyl (C=O) groups excluding carboxylic acids is 1. The highest BCUT2D eigenvalue weighted by Crippen LogP contribution is 2.09. The minimum absolute atomic E-state index is 0.0317. The standard InChI is InChI=1S/C13H18N4O/c1-9(2)11(14)8-15-13(18)10-7-16-17-6-4-3-5-12(10)17/h3-7,9,11H,8,14H2,1-2H3,(H,15,18). The number of fused-ring (bicyclic) bond motifs is 1. The summed E-state index contributed by atoms with van der Waals surface area (Å²) in [5.74, 6) is 0.210. The number of nitrogens with one attached hydrogen (secondary N) is 1. The van der Waals surface area contributed by atoms with Crippen molar-refractivity contribution in [3.8, 4) is 0 Å². The van der Waals surface area contributed by atoms with Crippen molar-refractivity contribution in [2.24, 2.45) is 11.7 Å². The smallest absolute Gasteiger partial charge is 0.255 e. The summed E-state index contributed by atoms with van der Waals surface area (Å²) in [6.07, 6.45) is 3.39. The van der Waals surface area contributed by atoms with Crippen molar-refractivity contribution in [3.05, 3.63) is 36.2 Å². The number of pyridine rings is 1. The van der Waals surface area contributed by atoms with E-state index in [1.165, 1.54) is 0 Å². The second-order valence-corrected chi connectivity index (χ2v) is 4.71. The minimum atomic E-state index is -0.132. The quantitative estimate of drug-likeness (QED) is 0.847. The molecule has 0 radical (unpaired) electrons. The number of aromatic nitrogens is 2. The Morgan fingerprint density at radius 2 is 2.28 bits per heavy atom. The van der Waals surface area contributed by atoms with Crippen molar-refractivity contribution >= 4 is 11.4 Å². The van der Waals surface area contributed by atoms with Crippen molar-refractivity contribution in [2.75, 3.05) is 6.54 Å². The van der Waals surface area contributed by atoms with E-state index in [1.807, 2.05) is 38.2 Å². The molecule has 96 valence electrons. The molecule has 0 spiro atoms. The van der Waals surface area contributed by atoms with E-state index in [9.17, 15) is 4.79 Å². The lowest BCUT2D eigenvalue weighted by Gasteiger charge is -2.15. The predicted molar refractivity (Wildman–Crippen MR) is 70.3 cm³/mol. The third-order valence-electron chi connectivity index (χ3n) is 3.03. The highest BCUT2D eigenvalue weighted by atomic mass is 16.1. The first-order valence-electron chi connectivity index (χ1n) is 6.05. The molecule has 0 bridgehead atoms. The fraction of sp³-hybridized carbons (Fsp3) is 0.385. The van der Waals surface area contributed by atoms with Crippen molar-refractivity contribution in [1.29, 1.82) is 0 Å². The van der Waals surface area contributed by atoms with E-state index in [2.05, 4.69) is 10.4 Å². The van der Waals surface area contributed by atoms with Crippen LogP contribution in [0.1, 0.15) is 24.2 Å². The van der Waals surface area contributed by atoms with E-state index in [-0.39, 0.29) is 11.9 Å². The summed E-state index contributed by atoms with van der Waals surface area (Å²) in [5, 5.41) is 6.97. The molecule has 0 saturated heterocycles. The summed E-state index contributed by atoms with van der Waals surface area (Å²) in [6.45, 7) is 4.54. The van der Waals surface area contributed by atoms with Crippen LogP contribution < -0.4 is 11.1 Å². The Labute approximate surface area is 106 Å². The molecule has 18 heavy (non-hydrogen) atoms. The van der Waals surface area contributed by atoms with Crippen LogP contribution >= 0.6 is 0 Å². The molecule has 1 unspecified atom stereocenters. The van der Waals surface area contributed by atoms with Gasteiger partial charge in [-0.15, -0.1) is 0 Å². The lowest BCUT2D eigenvalue weighted by atomic mass is 10.1. The number of nitrogens with zero attached hydrogens (tertiary/aromatic N) is 2. The molecule has 2 aromatic heterocycles. The van der Waals surface area contributed by atoms with Gasteiger partial charge < -0.3 is 11.1 Å². The number of hydrogen-bond donors (Lipinski definition) is 2. The molecule has 3 N–H and O–H groups in total. The maximum atomic E-state index is 12.0. The summed E-state index contributed by atoms with van der Waals surface area (Å²) in [4.78, 5) is 12.0. The first-order valence-corrected chi connectivity index (χ1v) is 6.05. The Morgan fingerprint density at radius 3 is 3.00 bits per heavy atom. The third-order valence-corrected chi connectivity index (χ3v) is 3.03. The predicted octanol–water partition coefficient (Wildman–Crippen LogP) is 1.05. The molecule has 2 rings (SSSR count).